The van der Waals surface area contributed by atoms with Gasteiger partial charge < -0.3 is 10.4 Å². The number of hydrogen-bond acceptors (Lipinski definition) is 3. The number of anilines is 1. The molecule has 2 rings (SSSR count). The van der Waals surface area contributed by atoms with Gasteiger partial charge in [-0.1, -0.05) is 32.9 Å². The summed E-state index contributed by atoms with van der Waals surface area (Å²) in [7, 11) is 0. The van der Waals surface area contributed by atoms with Crippen molar-refractivity contribution in [2.24, 2.45) is 11.8 Å². The number of aliphatic carboxylic acids is 1. The van der Waals surface area contributed by atoms with Gasteiger partial charge in [0.05, 0.1) is 12.5 Å². The Morgan fingerprint density at radius 2 is 1.91 bits per heavy atom. The van der Waals surface area contributed by atoms with Crippen molar-refractivity contribution in [3.05, 3.63) is 29.8 Å². The summed E-state index contributed by atoms with van der Waals surface area (Å²) in [5.74, 6) is -0.492. The molecule has 126 valence electrons. The Balaban J connectivity index is 1.89. The van der Waals surface area contributed by atoms with Crippen LogP contribution >= 0.6 is 0 Å². The van der Waals surface area contributed by atoms with Crippen molar-refractivity contribution in [1.82, 2.24) is 4.90 Å². The summed E-state index contributed by atoms with van der Waals surface area (Å²) in [6.45, 7) is 7.74. The Kier molecular flexibility index (Phi) is 5.77. The summed E-state index contributed by atoms with van der Waals surface area (Å²) in [6.07, 6.45) is 0.685. The van der Waals surface area contributed by atoms with E-state index in [0.29, 0.717) is 24.8 Å². The minimum Gasteiger partial charge on any atom is -0.481 e. The molecule has 1 saturated heterocycles. The maximum absolute atomic E-state index is 12.2. The maximum Gasteiger partial charge on any atom is 0.307 e. The highest BCUT2D eigenvalue weighted by atomic mass is 16.4. The van der Waals surface area contributed by atoms with Gasteiger partial charge in [0.15, 0.2) is 0 Å². The van der Waals surface area contributed by atoms with E-state index in [0.717, 1.165) is 12.2 Å². The molecule has 23 heavy (non-hydrogen) atoms. The molecule has 1 aromatic rings. The summed E-state index contributed by atoms with van der Waals surface area (Å²) in [5, 5.41) is 12.1. The molecule has 0 radical (unpaired) electrons. The van der Waals surface area contributed by atoms with Crippen LogP contribution in [-0.4, -0.2) is 41.5 Å². The topological polar surface area (TPSA) is 69.6 Å². The predicted molar refractivity (Wildman–Crippen MR) is 90.5 cm³/mol. The molecule has 1 aromatic carbocycles. The van der Waals surface area contributed by atoms with Gasteiger partial charge in [-0.3, -0.25) is 14.5 Å². The molecule has 5 heteroatoms. The first-order chi connectivity index (χ1) is 10.8. The van der Waals surface area contributed by atoms with Gasteiger partial charge in [-0.15, -0.1) is 0 Å². The van der Waals surface area contributed by atoms with E-state index in [2.05, 4.69) is 19.2 Å². The van der Waals surface area contributed by atoms with Crippen LogP contribution in [0.25, 0.3) is 0 Å². The maximum atomic E-state index is 12.2. The molecular formula is C18H26N2O3. The van der Waals surface area contributed by atoms with E-state index in [-0.39, 0.29) is 18.4 Å². The zero-order valence-corrected chi connectivity index (χ0v) is 14.1. The summed E-state index contributed by atoms with van der Waals surface area (Å²) in [4.78, 5) is 25.3. The zero-order chi connectivity index (χ0) is 17.0. The average molecular weight is 318 g/mol. The van der Waals surface area contributed by atoms with E-state index < -0.39 is 5.97 Å². The van der Waals surface area contributed by atoms with Crippen molar-refractivity contribution in [2.75, 3.05) is 25.0 Å². The number of nitrogens with one attached hydrogen (secondary N) is 1. The molecule has 0 bridgehead atoms. The van der Waals surface area contributed by atoms with Crippen molar-refractivity contribution in [2.45, 2.75) is 33.1 Å². The molecule has 0 saturated carbocycles. The summed E-state index contributed by atoms with van der Waals surface area (Å²) in [5.41, 5.74) is 2.01. The SMILES string of the molecule is CC1CC(C(=O)O)CN(CC(=O)Nc2ccc(C(C)C)cc2)C1. The molecule has 1 aliphatic heterocycles. The number of nitrogens with zero attached hydrogens (tertiary/aromatic N) is 1. The molecule has 1 heterocycles. The molecule has 5 nitrogen and oxygen atoms in total. The fraction of sp³-hybridized carbons (Fsp3) is 0.556. The highest BCUT2D eigenvalue weighted by molar-refractivity contribution is 5.92. The molecule has 0 spiro atoms. The monoisotopic (exact) mass is 318 g/mol. The van der Waals surface area contributed by atoms with Gasteiger partial charge >= 0.3 is 5.97 Å². The minimum atomic E-state index is -0.772. The quantitative estimate of drug-likeness (QED) is 0.876. The number of carbonyl (C=O) groups is 2. The molecule has 0 aliphatic carbocycles. The number of hydrogen-bond donors (Lipinski definition) is 2. The number of benzene rings is 1. The number of amides is 1. The number of carbonyl (C=O) groups excluding carboxylic acids is 1. The van der Waals surface area contributed by atoms with Crippen LogP contribution in [0.3, 0.4) is 0 Å². The largest absolute Gasteiger partial charge is 0.481 e. The lowest BCUT2D eigenvalue weighted by atomic mass is 9.90. The molecule has 1 fully saturated rings. The van der Waals surface area contributed by atoms with E-state index >= 15 is 0 Å². The normalized spacial score (nSPS) is 22.1. The van der Waals surface area contributed by atoms with Gasteiger partial charge in [0.25, 0.3) is 0 Å². The predicted octanol–water partition coefficient (Wildman–Crippen LogP) is 2.79. The smallest absolute Gasteiger partial charge is 0.307 e. The van der Waals surface area contributed by atoms with Crippen LogP contribution in [0.5, 0.6) is 0 Å². The van der Waals surface area contributed by atoms with Crippen molar-refractivity contribution >= 4 is 17.6 Å². The second-order valence-electron chi connectivity index (χ2n) is 6.90. The zero-order valence-electron chi connectivity index (χ0n) is 14.1. The number of likely N-dealkylation sites (tertiary alicyclic amines) is 1. The van der Waals surface area contributed by atoms with E-state index in [1.165, 1.54) is 5.56 Å². The van der Waals surface area contributed by atoms with Gasteiger partial charge in [0.1, 0.15) is 0 Å². The van der Waals surface area contributed by atoms with Crippen LogP contribution in [0.4, 0.5) is 5.69 Å². The van der Waals surface area contributed by atoms with Crippen LogP contribution in [0.15, 0.2) is 24.3 Å². The van der Waals surface area contributed by atoms with Crippen LogP contribution in [0, 0.1) is 11.8 Å². The first-order valence-corrected chi connectivity index (χ1v) is 8.20. The Morgan fingerprint density at radius 3 is 2.48 bits per heavy atom. The van der Waals surface area contributed by atoms with E-state index in [1.807, 2.05) is 36.1 Å². The Bertz CT molecular complexity index is 554. The molecule has 2 N–H and O–H groups in total. The van der Waals surface area contributed by atoms with E-state index in [1.54, 1.807) is 0 Å². The Labute approximate surface area is 137 Å². The molecule has 1 amide bonds. The third kappa shape index (κ3) is 5.06. The first-order valence-electron chi connectivity index (χ1n) is 8.20. The highest BCUT2D eigenvalue weighted by Crippen LogP contribution is 2.22. The van der Waals surface area contributed by atoms with Crippen molar-refractivity contribution in [3.8, 4) is 0 Å². The summed E-state index contributed by atoms with van der Waals surface area (Å²) < 4.78 is 0. The second-order valence-corrected chi connectivity index (χ2v) is 6.90. The number of carboxylic acids is 1. The van der Waals surface area contributed by atoms with Crippen molar-refractivity contribution in [3.63, 3.8) is 0 Å². The molecule has 2 unspecified atom stereocenters. The van der Waals surface area contributed by atoms with Crippen LogP contribution < -0.4 is 5.32 Å². The summed E-state index contributed by atoms with van der Waals surface area (Å²) in [6, 6.07) is 7.85. The third-order valence-corrected chi connectivity index (χ3v) is 4.31. The summed E-state index contributed by atoms with van der Waals surface area (Å²) >= 11 is 0. The van der Waals surface area contributed by atoms with E-state index in [9.17, 15) is 14.7 Å². The fourth-order valence-corrected chi connectivity index (χ4v) is 3.12. The minimum absolute atomic E-state index is 0.0967. The number of carboxylic acid groups (broad SMARTS) is 1. The Hall–Kier alpha value is -1.88. The standard InChI is InChI=1S/C18H26N2O3/c1-12(2)14-4-6-16(7-5-14)19-17(21)11-20-9-13(3)8-15(10-20)18(22)23/h4-7,12-13,15H,8-11H2,1-3H3,(H,19,21)(H,22,23). The lowest BCUT2D eigenvalue weighted by molar-refractivity contribution is -0.144. The van der Waals surface area contributed by atoms with Gasteiger partial charge in [-0.2, -0.15) is 0 Å². The lowest BCUT2D eigenvalue weighted by Crippen LogP contribution is -2.45. The third-order valence-electron chi connectivity index (χ3n) is 4.31. The van der Waals surface area contributed by atoms with Gasteiger partial charge in [0.2, 0.25) is 5.91 Å². The first kappa shape index (κ1) is 17.5. The molecule has 0 aromatic heterocycles. The molecule has 2 atom stereocenters. The molecule has 1 aliphatic rings. The van der Waals surface area contributed by atoms with Crippen molar-refractivity contribution < 1.29 is 14.7 Å². The van der Waals surface area contributed by atoms with Gasteiger partial charge in [0, 0.05) is 18.8 Å². The Morgan fingerprint density at radius 1 is 1.26 bits per heavy atom. The van der Waals surface area contributed by atoms with Gasteiger partial charge in [-0.05, 0) is 36.0 Å². The van der Waals surface area contributed by atoms with Crippen LogP contribution in [0.1, 0.15) is 38.7 Å². The van der Waals surface area contributed by atoms with Crippen LogP contribution in [-0.2, 0) is 9.59 Å². The average Bonchev–Trinajstić information content (AvgIpc) is 2.46. The molecular weight excluding hydrogens is 292 g/mol. The van der Waals surface area contributed by atoms with E-state index in [4.69, 9.17) is 0 Å². The van der Waals surface area contributed by atoms with Crippen LogP contribution in [0.2, 0.25) is 0 Å². The lowest BCUT2D eigenvalue weighted by Gasteiger charge is -2.34. The second kappa shape index (κ2) is 7.59. The van der Waals surface area contributed by atoms with Gasteiger partial charge in [-0.25, -0.2) is 0 Å². The fourth-order valence-electron chi connectivity index (χ4n) is 3.12. The highest BCUT2D eigenvalue weighted by Gasteiger charge is 2.30. The number of rotatable bonds is 5. The van der Waals surface area contributed by atoms with Crippen molar-refractivity contribution in [1.29, 1.82) is 0 Å². The number of piperidine rings is 1.